The van der Waals surface area contributed by atoms with Crippen LogP contribution in [0.3, 0.4) is 0 Å². The number of hydrogen-bond acceptors (Lipinski definition) is 7. The average Bonchev–Trinajstić information content (AvgIpc) is 3.97. The third-order valence-corrected chi connectivity index (χ3v) is 10.4. The molecule has 6 aromatic rings. The number of carbonyl (C=O) groups is 2. The molecule has 324 valence electrons. The summed E-state index contributed by atoms with van der Waals surface area (Å²) in [7, 11) is 0. The van der Waals surface area contributed by atoms with Crippen molar-refractivity contribution in [3.8, 4) is 11.4 Å². The van der Waals surface area contributed by atoms with Crippen molar-refractivity contribution in [3.63, 3.8) is 0 Å². The van der Waals surface area contributed by atoms with Crippen molar-refractivity contribution in [2.45, 2.75) is 65.0 Å². The SMILES string of the molecule is Cc1c(Cl)c(C(F)(F)F)nn1CC(=O)N1CCCc2c1cnn2-c1ccc(F)cc1.Cc1c(Cl)c(C(F)(F)F)nn1CC(=O)O.Fc1ccc(-n2ncc3c2CCCN3)cc1. The van der Waals surface area contributed by atoms with Crippen molar-refractivity contribution in [3.05, 3.63) is 117 Å². The molecular formula is C38H34Cl2F8N10O3. The summed E-state index contributed by atoms with van der Waals surface area (Å²) in [5, 5.41) is 25.9. The van der Waals surface area contributed by atoms with Crippen molar-refractivity contribution in [1.29, 1.82) is 0 Å². The van der Waals surface area contributed by atoms with Crippen LogP contribution >= 0.6 is 23.2 Å². The minimum Gasteiger partial charge on any atom is -0.480 e. The van der Waals surface area contributed by atoms with Gasteiger partial charge in [-0.1, -0.05) is 23.2 Å². The summed E-state index contributed by atoms with van der Waals surface area (Å²) >= 11 is 11.1. The molecule has 0 atom stereocenters. The van der Waals surface area contributed by atoms with Crippen molar-refractivity contribution >= 4 is 46.5 Å². The van der Waals surface area contributed by atoms with Crippen LogP contribution in [0.5, 0.6) is 0 Å². The zero-order chi connectivity index (χ0) is 44.4. The van der Waals surface area contributed by atoms with Gasteiger partial charge < -0.3 is 15.3 Å². The Balaban J connectivity index is 0.000000169. The molecule has 0 fully saturated rings. The van der Waals surface area contributed by atoms with E-state index in [9.17, 15) is 44.7 Å². The molecule has 0 saturated heterocycles. The maximum absolute atomic E-state index is 13.2. The first-order valence-electron chi connectivity index (χ1n) is 18.3. The van der Waals surface area contributed by atoms with Gasteiger partial charge in [-0.3, -0.25) is 19.0 Å². The Bertz CT molecular complexity index is 2530. The number of fused-ring (bicyclic) bond motifs is 2. The molecule has 13 nitrogen and oxygen atoms in total. The Hall–Kier alpha value is -5.96. The molecule has 0 bridgehead atoms. The van der Waals surface area contributed by atoms with Gasteiger partial charge >= 0.3 is 18.3 Å². The molecule has 2 N–H and O–H groups in total. The maximum Gasteiger partial charge on any atom is 0.436 e. The number of aliphatic carboxylic acids is 1. The lowest BCUT2D eigenvalue weighted by Gasteiger charge is -2.27. The van der Waals surface area contributed by atoms with Gasteiger partial charge in [0.15, 0.2) is 11.4 Å². The van der Waals surface area contributed by atoms with Crippen LogP contribution in [0.1, 0.15) is 47.0 Å². The number of nitrogens with one attached hydrogen (secondary N) is 1. The van der Waals surface area contributed by atoms with Crippen molar-refractivity contribution < 1.29 is 49.8 Å². The van der Waals surface area contributed by atoms with Gasteiger partial charge in [-0.25, -0.2) is 18.1 Å². The van der Waals surface area contributed by atoms with Crippen molar-refractivity contribution in [2.75, 3.05) is 23.3 Å². The van der Waals surface area contributed by atoms with E-state index in [0.717, 1.165) is 41.1 Å². The van der Waals surface area contributed by atoms with Gasteiger partial charge in [0.1, 0.15) is 24.7 Å². The summed E-state index contributed by atoms with van der Waals surface area (Å²) in [5.41, 5.74) is 2.75. The first-order chi connectivity index (χ1) is 28.7. The Morgan fingerprint density at radius 1 is 0.721 bits per heavy atom. The topological polar surface area (TPSA) is 141 Å². The van der Waals surface area contributed by atoms with E-state index in [4.69, 9.17) is 28.3 Å². The number of hydrogen-bond donors (Lipinski definition) is 2. The molecule has 23 heteroatoms. The number of nitrogens with zero attached hydrogens (tertiary/aromatic N) is 9. The van der Waals surface area contributed by atoms with Gasteiger partial charge in [0.2, 0.25) is 5.91 Å². The van der Waals surface area contributed by atoms with Crippen LogP contribution in [0.25, 0.3) is 11.4 Å². The minimum atomic E-state index is -4.70. The summed E-state index contributed by atoms with van der Waals surface area (Å²) in [5.74, 6) is -2.30. The van der Waals surface area contributed by atoms with Crippen LogP contribution in [0, 0.1) is 25.5 Å². The van der Waals surface area contributed by atoms with E-state index in [-0.39, 0.29) is 29.6 Å². The molecule has 2 aliphatic rings. The first-order valence-corrected chi connectivity index (χ1v) is 19.0. The molecule has 8 rings (SSSR count). The van der Waals surface area contributed by atoms with Gasteiger partial charge in [-0.05, 0) is 88.1 Å². The number of aromatic nitrogens is 8. The van der Waals surface area contributed by atoms with Gasteiger partial charge in [0, 0.05) is 13.1 Å². The van der Waals surface area contributed by atoms with Crippen LogP contribution in [-0.4, -0.2) is 69.2 Å². The summed E-state index contributed by atoms with van der Waals surface area (Å²) in [6.45, 7) is 3.02. The Morgan fingerprint density at radius 2 is 1.20 bits per heavy atom. The molecule has 0 aliphatic carbocycles. The third kappa shape index (κ3) is 9.99. The van der Waals surface area contributed by atoms with Crippen molar-refractivity contribution in [2.24, 2.45) is 0 Å². The van der Waals surface area contributed by atoms with E-state index in [0.29, 0.717) is 35.4 Å². The second-order valence-corrected chi connectivity index (χ2v) is 14.4. The highest BCUT2D eigenvalue weighted by Gasteiger charge is 2.39. The Labute approximate surface area is 351 Å². The molecule has 2 aromatic carbocycles. The Morgan fingerprint density at radius 3 is 1.69 bits per heavy atom. The lowest BCUT2D eigenvalue weighted by molar-refractivity contribution is -0.143. The molecule has 1 amide bonds. The number of alkyl halides is 6. The van der Waals surface area contributed by atoms with Crippen LogP contribution < -0.4 is 10.2 Å². The average molecular weight is 902 g/mol. The number of carboxylic acid groups (broad SMARTS) is 1. The smallest absolute Gasteiger partial charge is 0.436 e. The van der Waals surface area contributed by atoms with Gasteiger partial charge in [-0.2, -0.15) is 46.7 Å². The lowest BCUT2D eigenvalue weighted by Crippen LogP contribution is -2.38. The number of benzene rings is 2. The molecule has 61 heavy (non-hydrogen) atoms. The molecule has 2 aliphatic heterocycles. The number of amides is 1. The van der Waals surface area contributed by atoms with Crippen LogP contribution in [0.4, 0.5) is 46.5 Å². The fraction of sp³-hybridized carbons (Fsp3) is 0.316. The monoisotopic (exact) mass is 900 g/mol. The second-order valence-electron chi connectivity index (χ2n) is 13.6. The van der Waals surface area contributed by atoms with Gasteiger partial charge in [0.05, 0.1) is 68.0 Å². The van der Waals surface area contributed by atoms with Crippen LogP contribution in [0.2, 0.25) is 10.0 Å². The van der Waals surface area contributed by atoms with E-state index >= 15 is 0 Å². The molecule has 0 unspecified atom stereocenters. The lowest BCUT2D eigenvalue weighted by atomic mass is 10.1. The highest BCUT2D eigenvalue weighted by Crippen LogP contribution is 2.37. The van der Waals surface area contributed by atoms with Gasteiger partial charge in [-0.15, -0.1) is 0 Å². The normalized spacial score (nSPS) is 13.6. The zero-order valence-corrected chi connectivity index (χ0v) is 33.5. The molecule has 6 heterocycles. The number of rotatable bonds is 6. The van der Waals surface area contributed by atoms with E-state index in [1.54, 1.807) is 28.9 Å². The first kappa shape index (κ1) is 44.6. The number of carbonyl (C=O) groups excluding carboxylic acids is 1. The largest absolute Gasteiger partial charge is 0.480 e. The van der Waals surface area contributed by atoms with Crippen molar-refractivity contribution in [1.82, 2.24) is 39.1 Å². The number of carboxylic acids is 1. The van der Waals surface area contributed by atoms with E-state index in [2.05, 4.69) is 25.7 Å². The highest BCUT2D eigenvalue weighted by molar-refractivity contribution is 6.32. The van der Waals surface area contributed by atoms with Gasteiger partial charge in [0.25, 0.3) is 0 Å². The van der Waals surface area contributed by atoms with Crippen LogP contribution in [-0.2, 0) is 47.9 Å². The maximum atomic E-state index is 13.2. The summed E-state index contributed by atoms with van der Waals surface area (Å²) < 4.78 is 107. The number of anilines is 2. The molecule has 0 spiro atoms. The van der Waals surface area contributed by atoms with E-state index < -0.39 is 52.2 Å². The fourth-order valence-electron chi connectivity index (χ4n) is 6.52. The molecule has 4 aromatic heterocycles. The standard InChI is InChI=1S/C19H16ClF4N5O.C12H12FN3.C7H6ClF3N2O2/c1-11-17(20)18(19(22,23)24)26-28(11)10-16(30)27-8-2-3-14-15(27)9-25-29(14)13-6-4-12(21)5-7-13;13-9-3-5-10(6-4-9)16-12-2-1-7-14-11(12)8-15-16;1-3-5(8)6(7(9,10)11)12-13(3)2-4(14)15/h4-7,9H,2-3,8,10H2,1H3;3-6,8,14H,1-2,7H2;2H2,1H3,(H,14,15). The van der Waals surface area contributed by atoms with E-state index in [1.807, 2.05) is 10.9 Å². The predicted octanol–water partition coefficient (Wildman–Crippen LogP) is 8.49. The molecule has 0 radical (unpaired) electrons. The summed E-state index contributed by atoms with van der Waals surface area (Å²) in [4.78, 5) is 24.7. The quantitative estimate of drug-likeness (QED) is 0.159. The summed E-state index contributed by atoms with van der Waals surface area (Å²) in [6, 6.07) is 12.2. The Kier molecular flexibility index (Phi) is 13.1. The second kappa shape index (κ2) is 17.9. The van der Waals surface area contributed by atoms with E-state index in [1.165, 1.54) is 54.9 Å². The zero-order valence-electron chi connectivity index (χ0n) is 32.0. The van der Waals surface area contributed by atoms with Crippen LogP contribution in [0.15, 0.2) is 60.9 Å². The molecule has 0 saturated carbocycles. The summed E-state index contributed by atoms with van der Waals surface area (Å²) in [6.07, 6.45) is -2.59. The number of halogens is 10. The third-order valence-electron chi connectivity index (χ3n) is 9.53. The molecular weight excluding hydrogens is 867 g/mol. The predicted molar refractivity (Wildman–Crippen MR) is 206 cm³/mol. The minimum absolute atomic E-state index is 0.0219. The fourth-order valence-corrected chi connectivity index (χ4v) is 7.00. The highest BCUT2D eigenvalue weighted by atomic mass is 35.5.